The van der Waals surface area contributed by atoms with Crippen LogP contribution in [0.25, 0.3) is 0 Å². The maximum atomic E-state index is 13.4. The molecule has 1 aromatic heterocycles. The van der Waals surface area contributed by atoms with Crippen molar-refractivity contribution in [3.63, 3.8) is 0 Å². The molecule has 0 atom stereocenters. The number of nitrogens with one attached hydrogen (secondary N) is 1. The largest absolute Gasteiger partial charge is 0.350 e. The minimum Gasteiger partial charge on any atom is -0.350 e. The molecule has 0 spiro atoms. The van der Waals surface area contributed by atoms with Crippen molar-refractivity contribution < 1.29 is 9.18 Å². The van der Waals surface area contributed by atoms with Crippen LogP contribution in [0.2, 0.25) is 0 Å². The molecule has 0 saturated heterocycles. The summed E-state index contributed by atoms with van der Waals surface area (Å²) in [4.78, 5) is 11.7. The van der Waals surface area contributed by atoms with Crippen LogP contribution in [-0.4, -0.2) is 16.1 Å². The van der Waals surface area contributed by atoms with E-state index in [0.29, 0.717) is 17.8 Å². The van der Waals surface area contributed by atoms with Crippen LogP contribution in [0.15, 0.2) is 36.4 Å². The van der Waals surface area contributed by atoms with Crippen molar-refractivity contribution in [3.8, 4) is 0 Å². The Hall–Kier alpha value is -2.30. The van der Waals surface area contributed by atoms with Gasteiger partial charge in [0.05, 0.1) is 24.4 Å². The molecule has 0 aliphatic rings. The van der Waals surface area contributed by atoms with Gasteiger partial charge in [0.1, 0.15) is 5.82 Å². The van der Waals surface area contributed by atoms with Gasteiger partial charge < -0.3 is 5.32 Å². The van der Waals surface area contributed by atoms with E-state index < -0.39 is 0 Å². The zero-order chi connectivity index (χ0) is 13.7. The molecule has 1 amide bonds. The van der Waals surface area contributed by atoms with Crippen LogP contribution in [0, 0.1) is 12.7 Å². The van der Waals surface area contributed by atoms with Crippen LogP contribution >= 0.6 is 0 Å². The second-order valence-corrected chi connectivity index (χ2v) is 4.21. The number of amides is 1. The molecule has 0 saturated carbocycles. The van der Waals surface area contributed by atoms with E-state index in [-0.39, 0.29) is 18.1 Å². The number of aryl methyl sites for hydroxylation is 1. The Bertz CT molecular complexity index is 569. The van der Waals surface area contributed by atoms with Crippen LogP contribution in [0.3, 0.4) is 0 Å². The second kappa shape index (κ2) is 6.04. The van der Waals surface area contributed by atoms with Crippen molar-refractivity contribution in [3.05, 3.63) is 59.2 Å². The first-order valence-corrected chi connectivity index (χ1v) is 5.94. The minimum atomic E-state index is -0.368. The lowest BCUT2D eigenvalue weighted by atomic mass is 10.1. The van der Waals surface area contributed by atoms with E-state index >= 15 is 0 Å². The molecule has 1 heterocycles. The summed E-state index contributed by atoms with van der Waals surface area (Å²) in [5.41, 5.74) is 1.88. The van der Waals surface area contributed by atoms with Gasteiger partial charge in [-0.2, -0.15) is 10.2 Å². The quantitative estimate of drug-likeness (QED) is 0.910. The first-order chi connectivity index (χ1) is 9.15. The molecule has 98 valence electrons. The Morgan fingerprint density at radius 2 is 2.00 bits per heavy atom. The van der Waals surface area contributed by atoms with Gasteiger partial charge in [0, 0.05) is 0 Å². The first-order valence-electron chi connectivity index (χ1n) is 5.94. The number of benzene rings is 1. The zero-order valence-electron chi connectivity index (χ0n) is 10.6. The highest BCUT2D eigenvalue weighted by Gasteiger charge is 2.07. The Morgan fingerprint density at radius 3 is 2.68 bits per heavy atom. The van der Waals surface area contributed by atoms with Crippen molar-refractivity contribution in [2.75, 3.05) is 0 Å². The molecule has 19 heavy (non-hydrogen) atoms. The first kappa shape index (κ1) is 13.1. The standard InChI is InChI=1S/C14H14FN3O/c1-10-6-7-12(18-17-10)9-16-14(19)8-11-4-2-3-5-13(11)15/h2-7H,8-9H2,1H3,(H,16,19). The molecule has 1 N–H and O–H groups in total. The summed E-state index contributed by atoms with van der Waals surface area (Å²) in [7, 11) is 0. The van der Waals surface area contributed by atoms with Gasteiger partial charge in [-0.25, -0.2) is 4.39 Å². The Kier molecular flexibility index (Phi) is 4.18. The molecule has 0 aliphatic heterocycles. The summed E-state index contributed by atoms with van der Waals surface area (Å²) in [6.45, 7) is 2.13. The number of aromatic nitrogens is 2. The van der Waals surface area contributed by atoms with E-state index in [1.807, 2.05) is 13.0 Å². The number of carbonyl (C=O) groups excluding carboxylic acids is 1. The van der Waals surface area contributed by atoms with Gasteiger partial charge in [0.25, 0.3) is 0 Å². The monoisotopic (exact) mass is 259 g/mol. The Morgan fingerprint density at radius 1 is 1.21 bits per heavy atom. The van der Waals surface area contributed by atoms with Gasteiger partial charge >= 0.3 is 0 Å². The summed E-state index contributed by atoms with van der Waals surface area (Å²) in [6.07, 6.45) is 0.0198. The number of hydrogen-bond acceptors (Lipinski definition) is 3. The fourth-order valence-electron chi connectivity index (χ4n) is 1.59. The van der Waals surface area contributed by atoms with Crippen molar-refractivity contribution in [1.29, 1.82) is 0 Å². The molecule has 2 aromatic rings. The normalized spacial score (nSPS) is 10.2. The number of halogens is 1. The van der Waals surface area contributed by atoms with Crippen LogP contribution in [0.4, 0.5) is 4.39 Å². The van der Waals surface area contributed by atoms with E-state index in [9.17, 15) is 9.18 Å². The summed E-state index contributed by atoms with van der Waals surface area (Å²) in [5, 5.41) is 10.5. The topological polar surface area (TPSA) is 54.9 Å². The smallest absolute Gasteiger partial charge is 0.224 e. The van der Waals surface area contributed by atoms with Gasteiger partial charge in [0.15, 0.2) is 0 Å². The number of nitrogens with zero attached hydrogens (tertiary/aromatic N) is 2. The van der Waals surface area contributed by atoms with Gasteiger partial charge in [-0.15, -0.1) is 0 Å². The van der Waals surface area contributed by atoms with E-state index in [2.05, 4.69) is 15.5 Å². The number of carbonyl (C=O) groups is 1. The molecule has 2 rings (SSSR count). The molecule has 4 nitrogen and oxygen atoms in total. The molecule has 5 heteroatoms. The van der Waals surface area contributed by atoms with Crippen LogP contribution in [-0.2, 0) is 17.8 Å². The molecule has 1 aromatic carbocycles. The summed E-state index contributed by atoms with van der Waals surface area (Å²) < 4.78 is 13.4. The van der Waals surface area contributed by atoms with Crippen molar-refractivity contribution in [2.45, 2.75) is 19.9 Å². The average molecular weight is 259 g/mol. The van der Waals surface area contributed by atoms with Gasteiger partial charge in [-0.05, 0) is 30.7 Å². The van der Waals surface area contributed by atoms with E-state index in [4.69, 9.17) is 0 Å². The predicted molar refractivity (Wildman–Crippen MR) is 68.7 cm³/mol. The summed E-state index contributed by atoms with van der Waals surface area (Å²) in [6, 6.07) is 9.86. The SMILES string of the molecule is Cc1ccc(CNC(=O)Cc2ccccc2F)nn1. The molecule has 0 radical (unpaired) electrons. The zero-order valence-corrected chi connectivity index (χ0v) is 10.6. The van der Waals surface area contributed by atoms with Crippen molar-refractivity contribution in [1.82, 2.24) is 15.5 Å². The minimum absolute atomic E-state index is 0.0198. The average Bonchev–Trinajstić information content (AvgIpc) is 2.41. The summed E-state index contributed by atoms with van der Waals surface area (Å²) >= 11 is 0. The fourth-order valence-corrected chi connectivity index (χ4v) is 1.59. The number of rotatable bonds is 4. The maximum absolute atomic E-state index is 13.4. The third-order valence-corrected chi connectivity index (χ3v) is 2.63. The lowest BCUT2D eigenvalue weighted by Gasteiger charge is -2.05. The van der Waals surface area contributed by atoms with Crippen LogP contribution in [0.5, 0.6) is 0 Å². The third kappa shape index (κ3) is 3.84. The molecule has 0 fully saturated rings. The Balaban J connectivity index is 1.88. The Labute approximate surface area is 110 Å². The highest BCUT2D eigenvalue weighted by molar-refractivity contribution is 5.78. The maximum Gasteiger partial charge on any atom is 0.224 e. The van der Waals surface area contributed by atoms with Crippen LogP contribution in [0.1, 0.15) is 17.0 Å². The van der Waals surface area contributed by atoms with Crippen LogP contribution < -0.4 is 5.32 Å². The lowest BCUT2D eigenvalue weighted by Crippen LogP contribution is -2.25. The van der Waals surface area contributed by atoms with Crippen molar-refractivity contribution >= 4 is 5.91 Å². The van der Waals surface area contributed by atoms with E-state index in [0.717, 1.165) is 5.69 Å². The molecular formula is C14H14FN3O. The predicted octanol–water partition coefficient (Wildman–Crippen LogP) is 1.78. The van der Waals surface area contributed by atoms with Gasteiger partial charge in [0.2, 0.25) is 5.91 Å². The van der Waals surface area contributed by atoms with E-state index in [1.165, 1.54) is 6.07 Å². The van der Waals surface area contributed by atoms with E-state index in [1.54, 1.807) is 24.3 Å². The highest BCUT2D eigenvalue weighted by atomic mass is 19.1. The van der Waals surface area contributed by atoms with Gasteiger partial charge in [-0.1, -0.05) is 18.2 Å². The van der Waals surface area contributed by atoms with Gasteiger partial charge in [-0.3, -0.25) is 4.79 Å². The fraction of sp³-hybridized carbons (Fsp3) is 0.214. The van der Waals surface area contributed by atoms with Crippen molar-refractivity contribution in [2.24, 2.45) is 0 Å². The molecular weight excluding hydrogens is 245 g/mol. The summed E-state index contributed by atoms with van der Waals surface area (Å²) in [5.74, 6) is -0.611. The molecule has 0 bridgehead atoms. The molecule has 0 aliphatic carbocycles. The molecule has 0 unspecified atom stereocenters. The number of hydrogen-bond donors (Lipinski definition) is 1. The third-order valence-electron chi connectivity index (χ3n) is 2.63. The highest BCUT2D eigenvalue weighted by Crippen LogP contribution is 2.06. The lowest BCUT2D eigenvalue weighted by molar-refractivity contribution is -0.120. The second-order valence-electron chi connectivity index (χ2n) is 4.21.